The lowest BCUT2D eigenvalue weighted by molar-refractivity contribution is -0.142. The van der Waals surface area contributed by atoms with E-state index in [-0.39, 0.29) is 17.9 Å². The molecule has 0 amide bonds. The molecule has 1 atom stereocenters. The topological polar surface area (TPSA) is 81.9 Å². The minimum Gasteiger partial charge on any atom is -0.469 e. The van der Waals surface area contributed by atoms with Gasteiger partial charge in [-0.3, -0.25) is 14.0 Å². The number of nitrogens with zero attached hydrogens (tertiary/aromatic N) is 2. The predicted octanol–water partition coefficient (Wildman–Crippen LogP) is 1.06. The number of aryl methyl sites for hydroxylation is 1. The quantitative estimate of drug-likeness (QED) is 0.763. The van der Waals surface area contributed by atoms with Crippen LogP contribution in [-0.4, -0.2) is 41.7 Å². The summed E-state index contributed by atoms with van der Waals surface area (Å²) in [7, 11) is 2.92. The SMILES string of the molecule is COC[C@@](C)(CC(=O)OC)NCc1cc(=O)n2cccc(C)c2n1. The Morgan fingerprint density at radius 3 is 2.83 bits per heavy atom. The molecule has 2 heterocycles. The van der Waals surface area contributed by atoms with E-state index in [0.29, 0.717) is 24.5 Å². The Bertz CT molecular complexity index is 787. The Morgan fingerprint density at radius 1 is 1.42 bits per heavy atom. The molecule has 2 aromatic rings. The second-order valence-corrected chi connectivity index (χ2v) is 6.07. The first-order valence-electron chi connectivity index (χ1n) is 7.67. The highest BCUT2D eigenvalue weighted by atomic mass is 16.5. The largest absolute Gasteiger partial charge is 0.469 e. The van der Waals surface area contributed by atoms with Crippen molar-refractivity contribution in [1.82, 2.24) is 14.7 Å². The molecule has 2 rings (SSSR count). The molecule has 1 N–H and O–H groups in total. The van der Waals surface area contributed by atoms with Crippen LogP contribution in [0.2, 0.25) is 0 Å². The molecule has 0 fully saturated rings. The van der Waals surface area contributed by atoms with Crippen molar-refractivity contribution < 1.29 is 14.3 Å². The van der Waals surface area contributed by atoms with Gasteiger partial charge in [-0.2, -0.15) is 0 Å². The van der Waals surface area contributed by atoms with E-state index in [4.69, 9.17) is 9.47 Å². The third-order valence-electron chi connectivity index (χ3n) is 3.86. The molecule has 0 saturated heterocycles. The van der Waals surface area contributed by atoms with E-state index in [1.54, 1.807) is 13.3 Å². The number of ether oxygens (including phenoxy) is 2. The number of carbonyl (C=O) groups is 1. The molecule has 24 heavy (non-hydrogen) atoms. The fourth-order valence-corrected chi connectivity index (χ4v) is 2.58. The van der Waals surface area contributed by atoms with Gasteiger partial charge in [-0.15, -0.1) is 0 Å². The summed E-state index contributed by atoms with van der Waals surface area (Å²) >= 11 is 0. The lowest BCUT2D eigenvalue weighted by atomic mass is 9.99. The first-order valence-corrected chi connectivity index (χ1v) is 7.67. The van der Waals surface area contributed by atoms with Gasteiger partial charge in [-0.25, -0.2) is 4.98 Å². The Morgan fingerprint density at radius 2 is 2.17 bits per heavy atom. The summed E-state index contributed by atoms with van der Waals surface area (Å²) in [5.74, 6) is -0.329. The van der Waals surface area contributed by atoms with Crippen LogP contribution in [0.4, 0.5) is 0 Å². The van der Waals surface area contributed by atoms with Crippen LogP contribution in [0.25, 0.3) is 5.65 Å². The molecule has 0 bridgehead atoms. The normalized spacial score (nSPS) is 13.7. The van der Waals surface area contributed by atoms with Crippen LogP contribution in [0.5, 0.6) is 0 Å². The third-order valence-corrected chi connectivity index (χ3v) is 3.86. The van der Waals surface area contributed by atoms with E-state index >= 15 is 0 Å². The number of fused-ring (bicyclic) bond motifs is 1. The fraction of sp³-hybridized carbons (Fsp3) is 0.471. The molecule has 0 aliphatic carbocycles. The summed E-state index contributed by atoms with van der Waals surface area (Å²) in [5.41, 5.74) is 1.41. The molecule has 0 spiro atoms. The maximum absolute atomic E-state index is 12.2. The van der Waals surface area contributed by atoms with Crippen LogP contribution in [0.3, 0.4) is 0 Å². The predicted molar refractivity (Wildman–Crippen MR) is 90.0 cm³/mol. The number of carbonyl (C=O) groups excluding carboxylic acids is 1. The third kappa shape index (κ3) is 4.18. The van der Waals surface area contributed by atoms with Crippen LogP contribution < -0.4 is 10.9 Å². The smallest absolute Gasteiger partial charge is 0.307 e. The van der Waals surface area contributed by atoms with Crippen molar-refractivity contribution in [3.05, 3.63) is 46.0 Å². The maximum atomic E-state index is 12.2. The van der Waals surface area contributed by atoms with E-state index in [2.05, 4.69) is 10.3 Å². The monoisotopic (exact) mass is 333 g/mol. The summed E-state index contributed by atoms with van der Waals surface area (Å²) in [4.78, 5) is 28.4. The minimum absolute atomic E-state index is 0.137. The second-order valence-electron chi connectivity index (χ2n) is 6.07. The summed E-state index contributed by atoms with van der Waals surface area (Å²) < 4.78 is 11.4. The zero-order valence-electron chi connectivity index (χ0n) is 14.5. The second kappa shape index (κ2) is 7.55. The van der Waals surface area contributed by atoms with Gasteiger partial charge in [-0.1, -0.05) is 6.07 Å². The van der Waals surface area contributed by atoms with Gasteiger partial charge in [0, 0.05) is 31.5 Å². The molecule has 0 saturated carbocycles. The lowest BCUT2D eigenvalue weighted by Gasteiger charge is -2.29. The van der Waals surface area contributed by atoms with Crippen molar-refractivity contribution in [2.24, 2.45) is 0 Å². The van der Waals surface area contributed by atoms with Gasteiger partial charge < -0.3 is 14.8 Å². The van der Waals surface area contributed by atoms with Crippen LogP contribution in [-0.2, 0) is 20.8 Å². The standard InChI is InChI=1S/C17H23N3O4/c1-12-6-5-7-20-14(21)8-13(19-16(12)20)10-18-17(2,11-23-3)9-15(22)24-4/h5-8,18H,9-11H2,1-4H3/t17-/m1/s1. The molecular formula is C17H23N3O4. The number of aromatic nitrogens is 2. The highest BCUT2D eigenvalue weighted by molar-refractivity contribution is 5.70. The Hall–Kier alpha value is -2.25. The molecular weight excluding hydrogens is 310 g/mol. The molecule has 0 aliphatic heterocycles. The van der Waals surface area contributed by atoms with Crippen LogP contribution in [0.15, 0.2) is 29.2 Å². The Kier molecular flexibility index (Phi) is 5.69. The minimum atomic E-state index is -0.611. The van der Waals surface area contributed by atoms with Gasteiger partial charge >= 0.3 is 5.97 Å². The molecule has 0 unspecified atom stereocenters. The van der Waals surface area contributed by atoms with Crippen molar-refractivity contribution in [1.29, 1.82) is 0 Å². The van der Waals surface area contributed by atoms with Crippen LogP contribution >= 0.6 is 0 Å². The van der Waals surface area contributed by atoms with Gasteiger partial charge in [0.1, 0.15) is 5.65 Å². The summed E-state index contributed by atoms with van der Waals surface area (Å²) in [6, 6.07) is 5.21. The molecule has 7 nitrogen and oxygen atoms in total. The maximum Gasteiger partial charge on any atom is 0.307 e. The number of methoxy groups -OCH3 is 2. The van der Waals surface area contributed by atoms with Crippen molar-refractivity contribution in [3.63, 3.8) is 0 Å². The molecule has 2 aromatic heterocycles. The Labute approximate surface area is 140 Å². The van der Waals surface area contributed by atoms with Gasteiger partial charge in [-0.05, 0) is 25.5 Å². The van der Waals surface area contributed by atoms with Crippen molar-refractivity contribution in [2.75, 3.05) is 20.8 Å². The lowest BCUT2D eigenvalue weighted by Crippen LogP contribution is -2.47. The van der Waals surface area contributed by atoms with E-state index in [0.717, 1.165) is 5.56 Å². The van der Waals surface area contributed by atoms with E-state index in [1.807, 2.05) is 26.0 Å². The van der Waals surface area contributed by atoms with Gasteiger partial charge in [0.05, 0.1) is 25.8 Å². The zero-order valence-corrected chi connectivity index (χ0v) is 14.5. The molecule has 0 aliphatic rings. The highest BCUT2D eigenvalue weighted by Gasteiger charge is 2.28. The van der Waals surface area contributed by atoms with Crippen molar-refractivity contribution >= 4 is 11.6 Å². The number of hydrogen-bond acceptors (Lipinski definition) is 6. The van der Waals surface area contributed by atoms with E-state index in [9.17, 15) is 9.59 Å². The van der Waals surface area contributed by atoms with Crippen molar-refractivity contribution in [2.45, 2.75) is 32.4 Å². The van der Waals surface area contributed by atoms with Gasteiger partial charge in [0.2, 0.25) is 0 Å². The number of pyridine rings is 1. The number of rotatable bonds is 7. The summed E-state index contributed by atoms with van der Waals surface area (Å²) in [6.07, 6.45) is 1.85. The number of nitrogens with one attached hydrogen (secondary N) is 1. The number of esters is 1. The molecule has 130 valence electrons. The molecule has 0 aromatic carbocycles. The van der Waals surface area contributed by atoms with Crippen LogP contribution in [0, 0.1) is 6.92 Å². The molecule has 7 heteroatoms. The Balaban J connectivity index is 2.23. The first kappa shape index (κ1) is 18.1. The van der Waals surface area contributed by atoms with E-state index in [1.165, 1.54) is 17.6 Å². The van der Waals surface area contributed by atoms with Gasteiger partial charge in [0.25, 0.3) is 5.56 Å². The average molecular weight is 333 g/mol. The summed E-state index contributed by atoms with van der Waals surface area (Å²) in [6.45, 7) is 4.45. The van der Waals surface area contributed by atoms with Gasteiger partial charge in [0.15, 0.2) is 0 Å². The average Bonchev–Trinajstić information content (AvgIpc) is 2.54. The molecule has 0 radical (unpaired) electrons. The van der Waals surface area contributed by atoms with Crippen LogP contribution in [0.1, 0.15) is 24.6 Å². The summed E-state index contributed by atoms with van der Waals surface area (Å²) in [5, 5.41) is 3.25. The van der Waals surface area contributed by atoms with Crippen molar-refractivity contribution in [3.8, 4) is 0 Å². The first-order chi connectivity index (χ1) is 11.4. The number of hydrogen-bond donors (Lipinski definition) is 1. The van der Waals surface area contributed by atoms with E-state index < -0.39 is 5.54 Å². The zero-order chi connectivity index (χ0) is 17.7. The fourth-order valence-electron chi connectivity index (χ4n) is 2.58. The highest BCUT2D eigenvalue weighted by Crippen LogP contribution is 2.13.